The molecule has 6 rings (SSSR count). The van der Waals surface area contributed by atoms with Gasteiger partial charge >= 0.3 is 0 Å². The highest BCUT2D eigenvalue weighted by atomic mass is 35.5. The quantitative estimate of drug-likeness (QED) is 0.190. The van der Waals surface area contributed by atoms with Crippen LogP contribution in [0.25, 0.3) is 0 Å². The van der Waals surface area contributed by atoms with Gasteiger partial charge in [0.2, 0.25) is 0 Å². The number of pyridine rings is 1. The zero-order valence-electron chi connectivity index (χ0n) is 26.3. The molecule has 1 aliphatic carbocycles. The highest BCUT2D eigenvalue weighted by Gasteiger charge is 2.71. The minimum atomic E-state index is -1.02. The van der Waals surface area contributed by atoms with E-state index in [0.29, 0.717) is 23.6 Å². The molecule has 45 heavy (non-hydrogen) atoms. The molecule has 1 saturated carbocycles. The van der Waals surface area contributed by atoms with Gasteiger partial charge in [-0.1, -0.05) is 43.1 Å². The molecular weight excluding hydrogens is 620 g/mol. The number of carbonyl (C=O) groups excluding carboxylic acids is 1. The summed E-state index contributed by atoms with van der Waals surface area (Å²) < 4.78 is 28.1. The van der Waals surface area contributed by atoms with Crippen LogP contribution in [0, 0.1) is 11.2 Å². The van der Waals surface area contributed by atoms with E-state index in [1.54, 1.807) is 25.1 Å². The lowest BCUT2D eigenvalue weighted by molar-refractivity contribution is -0.145. The van der Waals surface area contributed by atoms with Crippen molar-refractivity contribution in [3.63, 3.8) is 0 Å². The van der Waals surface area contributed by atoms with Crippen molar-refractivity contribution in [3.8, 4) is 0 Å². The molecule has 9 nitrogen and oxygen atoms in total. The minimum Gasteiger partial charge on any atom is -0.373 e. The molecule has 4 heterocycles. The summed E-state index contributed by atoms with van der Waals surface area (Å²) >= 11 is 12.7. The first-order chi connectivity index (χ1) is 21.4. The number of ether oxygens (including phenoxy) is 2. The molecule has 2 aromatic rings. The van der Waals surface area contributed by atoms with E-state index in [-0.39, 0.29) is 41.9 Å². The van der Waals surface area contributed by atoms with E-state index in [1.807, 2.05) is 18.2 Å². The molecule has 1 aromatic heterocycles. The van der Waals surface area contributed by atoms with E-state index in [4.69, 9.17) is 32.7 Å². The van der Waals surface area contributed by atoms with Crippen molar-refractivity contribution in [2.75, 3.05) is 39.4 Å². The number of nitrogens with zero attached hydrogens (tertiary/aromatic N) is 2. The Morgan fingerprint density at radius 3 is 2.64 bits per heavy atom. The first kappa shape index (κ1) is 32.9. The van der Waals surface area contributed by atoms with Crippen LogP contribution in [0.4, 0.5) is 10.1 Å². The number of likely N-dealkylation sites (N-methyl/N-ethyl adjacent to an activating group) is 1. The number of amides is 1. The molecule has 3 aliphatic heterocycles. The fourth-order valence-electron chi connectivity index (χ4n) is 8.38. The van der Waals surface area contributed by atoms with Crippen molar-refractivity contribution < 1.29 is 23.8 Å². The Morgan fingerprint density at radius 2 is 1.96 bits per heavy atom. The maximum atomic E-state index is 16.0. The summed E-state index contributed by atoms with van der Waals surface area (Å²) in [5.74, 6) is -1.15. The number of benzene rings is 1. The zero-order valence-corrected chi connectivity index (χ0v) is 27.8. The molecule has 0 bridgehead atoms. The van der Waals surface area contributed by atoms with E-state index < -0.39 is 35.0 Å². The highest BCUT2D eigenvalue weighted by Crippen LogP contribution is 2.65. The summed E-state index contributed by atoms with van der Waals surface area (Å²) in [7, 11) is 3.47. The Hall–Kier alpha value is -2.05. The predicted octanol–water partition coefficient (Wildman–Crippen LogP) is 4.80. The third-order valence-electron chi connectivity index (χ3n) is 10.7. The van der Waals surface area contributed by atoms with Crippen LogP contribution in [-0.4, -0.2) is 84.9 Å². The molecule has 1 aromatic carbocycles. The van der Waals surface area contributed by atoms with Gasteiger partial charge in [-0.3, -0.25) is 10.1 Å². The maximum Gasteiger partial charge on any atom is 0.251 e. The van der Waals surface area contributed by atoms with Crippen LogP contribution in [0.1, 0.15) is 69.4 Å². The van der Waals surface area contributed by atoms with Crippen LogP contribution < -0.4 is 16.0 Å². The minimum absolute atomic E-state index is 0.0205. The van der Waals surface area contributed by atoms with Gasteiger partial charge in [0.15, 0.2) is 11.0 Å². The number of fused-ring (bicyclic) bond motifs is 3. The second-order valence-electron chi connectivity index (χ2n) is 14.1. The van der Waals surface area contributed by atoms with E-state index in [1.165, 1.54) is 6.20 Å². The average molecular weight is 665 g/mol. The van der Waals surface area contributed by atoms with Gasteiger partial charge in [0.05, 0.1) is 25.4 Å². The molecule has 2 unspecified atom stereocenters. The summed E-state index contributed by atoms with van der Waals surface area (Å²) in [6.07, 6.45) is 4.99. The van der Waals surface area contributed by atoms with Gasteiger partial charge in [0, 0.05) is 54.5 Å². The summed E-state index contributed by atoms with van der Waals surface area (Å²) in [6.45, 7) is 5.48. The molecule has 6 atom stereocenters. The lowest BCUT2D eigenvalue weighted by Crippen LogP contribution is -2.62. The molecule has 0 radical (unpaired) electrons. The first-order valence-corrected chi connectivity index (χ1v) is 16.6. The number of aliphatic hydroxyl groups is 1. The van der Waals surface area contributed by atoms with Crippen LogP contribution in [0.2, 0.25) is 10.2 Å². The largest absolute Gasteiger partial charge is 0.373 e. The molecule has 4 N–H and O–H groups in total. The standard InChI is InChI=1S/C33H44Cl2FN5O4/c1-31(2)10-12-32(13-11-31)33(22-7-5-19(34)15-23(22)39-30(33)43)26(21-9-14-37-28(35)27(21)36)24(40-32)17-44-18-38-20-6-8-25(45-16-20)29(42)41(3)4/h5,7,9,14-15,20,24-26,30,38-40,43H,6,8,10-13,16-18H2,1-4H3/t20-,24+,25+,26?,30?,33-/m1/s1. The Kier molecular flexibility index (Phi) is 9.15. The number of hydrogen-bond donors (Lipinski definition) is 4. The van der Waals surface area contributed by atoms with Gasteiger partial charge in [-0.15, -0.1) is 0 Å². The van der Waals surface area contributed by atoms with Crippen molar-refractivity contribution in [2.45, 2.75) is 93.7 Å². The van der Waals surface area contributed by atoms with Crippen LogP contribution in [0.3, 0.4) is 0 Å². The van der Waals surface area contributed by atoms with Crippen molar-refractivity contribution in [3.05, 3.63) is 57.6 Å². The Bertz CT molecular complexity index is 1410. The van der Waals surface area contributed by atoms with E-state index in [9.17, 15) is 9.90 Å². The normalized spacial score (nSPS) is 31.6. The van der Waals surface area contributed by atoms with Crippen molar-refractivity contribution in [2.24, 2.45) is 5.41 Å². The number of carbonyl (C=O) groups is 1. The Balaban J connectivity index is 1.30. The second-order valence-corrected chi connectivity index (χ2v) is 14.9. The van der Waals surface area contributed by atoms with Crippen LogP contribution >= 0.6 is 23.2 Å². The van der Waals surface area contributed by atoms with Gasteiger partial charge in [0.25, 0.3) is 5.91 Å². The molecule has 1 amide bonds. The number of aliphatic hydroxyl groups excluding tert-OH is 1. The fourth-order valence-corrected chi connectivity index (χ4v) is 8.71. The molecule has 12 heteroatoms. The third-order valence-corrected chi connectivity index (χ3v) is 11.2. The van der Waals surface area contributed by atoms with Gasteiger partial charge < -0.3 is 30.1 Å². The fraction of sp³-hybridized carbons (Fsp3) is 0.636. The lowest BCUT2D eigenvalue weighted by atomic mass is 9.53. The van der Waals surface area contributed by atoms with Crippen LogP contribution in [0.15, 0.2) is 30.5 Å². The molecule has 4 aliphatic rings. The number of nitrogens with one attached hydrogen (secondary N) is 3. The van der Waals surface area contributed by atoms with E-state index in [0.717, 1.165) is 43.4 Å². The number of hydrogen-bond acceptors (Lipinski definition) is 8. The van der Waals surface area contributed by atoms with Gasteiger partial charge in [-0.25, -0.2) is 9.37 Å². The summed E-state index contributed by atoms with van der Waals surface area (Å²) in [4.78, 5) is 17.8. The van der Waals surface area contributed by atoms with Gasteiger partial charge in [-0.2, -0.15) is 0 Å². The monoisotopic (exact) mass is 663 g/mol. The first-order valence-electron chi connectivity index (χ1n) is 15.8. The maximum absolute atomic E-state index is 16.0. The molecule has 2 spiro atoms. The van der Waals surface area contributed by atoms with Crippen molar-refractivity contribution in [1.82, 2.24) is 20.5 Å². The Morgan fingerprint density at radius 1 is 1.20 bits per heavy atom. The third kappa shape index (κ3) is 5.75. The number of rotatable bonds is 7. The van der Waals surface area contributed by atoms with Gasteiger partial charge in [0.1, 0.15) is 12.3 Å². The molecule has 246 valence electrons. The second kappa shape index (κ2) is 12.5. The predicted molar refractivity (Wildman–Crippen MR) is 172 cm³/mol. The SMILES string of the molecule is CN(C)C(=O)[C@@H]1CC[C@@H](NCOC[C@@H]2NC3(CCC(C)(C)CC3)[C@]3(c4ccc(Cl)cc4NC3O)C2c2ccnc(Cl)c2F)CO1. The smallest absolute Gasteiger partial charge is 0.251 e. The number of anilines is 1. The Labute approximate surface area is 274 Å². The molecular formula is C33H44Cl2FN5O4. The van der Waals surface area contributed by atoms with Gasteiger partial charge in [-0.05, 0) is 73.3 Å². The highest BCUT2D eigenvalue weighted by molar-refractivity contribution is 6.31. The summed E-state index contributed by atoms with van der Waals surface area (Å²) in [6, 6.07) is 7.02. The van der Waals surface area contributed by atoms with E-state index >= 15 is 4.39 Å². The van der Waals surface area contributed by atoms with Crippen LogP contribution in [0.5, 0.6) is 0 Å². The number of halogens is 3. The number of aromatic nitrogens is 1. The average Bonchev–Trinajstić information content (AvgIpc) is 3.45. The topological polar surface area (TPSA) is 108 Å². The van der Waals surface area contributed by atoms with E-state index in [2.05, 4.69) is 34.8 Å². The van der Waals surface area contributed by atoms with Crippen molar-refractivity contribution >= 4 is 34.8 Å². The molecule has 3 fully saturated rings. The zero-order chi connectivity index (χ0) is 32.1. The van der Waals surface area contributed by atoms with Crippen molar-refractivity contribution in [1.29, 1.82) is 0 Å². The lowest BCUT2D eigenvalue weighted by Gasteiger charge is -2.52. The van der Waals surface area contributed by atoms with Crippen LogP contribution in [-0.2, 0) is 19.7 Å². The summed E-state index contributed by atoms with van der Waals surface area (Å²) in [5, 5.41) is 23.1. The summed E-state index contributed by atoms with van der Waals surface area (Å²) in [5.41, 5.74) is 0.691. The molecule has 2 saturated heterocycles.